The van der Waals surface area contributed by atoms with Gasteiger partial charge in [0.25, 0.3) is 5.91 Å². The summed E-state index contributed by atoms with van der Waals surface area (Å²) in [6.45, 7) is 3.76. The lowest BCUT2D eigenvalue weighted by molar-refractivity contribution is -0.112. The number of hydrogen-bond donors (Lipinski definition) is 1. The first-order valence-electron chi connectivity index (χ1n) is 9.91. The van der Waals surface area contributed by atoms with Crippen molar-refractivity contribution in [3.63, 3.8) is 0 Å². The van der Waals surface area contributed by atoms with Gasteiger partial charge in [0.1, 0.15) is 16.5 Å². The summed E-state index contributed by atoms with van der Waals surface area (Å²) < 4.78 is 36.4. The van der Waals surface area contributed by atoms with Crippen molar-refractivity contribution in [1.82, 2.24) is 0 Å². The van der Waals surface area contributed by atoms with E-state index in [1.165, 1.54) is 37.5 Å². The number of nitrogens with one attached hydrogen (secondary N) is 1. The number of rotatable bonds is 7. The Morgan fingerprint density at radius 1 is 0.970 bits per heavy atom. The Bertz CT molecular complexity index is 1340. The Hall–Kier alpha value is -4.09. The van der Waals surface area contributed by atoms with Crippen LogP contribution in [-0.2, 0) is 14.9 Å². The van der Waals surface area contributed by atoms with E-state index in [9.17, 15) is 18.5 Å². The number of ether oxygens (including phenoxy) is 1. The molecule has 0 heterocycles. The van der Waals surface area contributed by atoms with Gasteiger partial charge in [0.2, 0.25) is 0 Å². The number of hydrogen-bond acceptors (Lipinski definition) is 6. The van der Waals surface area contributed by atoms with Crippen LogP contribution in [0.5, 0.6) is 11.5 Å². The zero-order chi connectivity index (χ0) is 24.0. The number of amides is 1. The van der Waals surface area contributed by atoms with Crippen LogP contribution in [0.2, 0.25) is 0 Å². The van der Waals surface area contributed by atoms with Gasteiger partial charge in [-0.05, 0) is 50.3 Å². The quantitative estimate of drug-likeness (QED) is 0.312. The summed E-state index contributed by atoms with van der Waals surface area (Å²) >= 11 is 0. The van der Waals surface area contributed by atoms with E-state index < -0.39 is 16.0 Å². The Morgan fingerprint density at radius 3 is 2.15 bits per heavy atom. The molecule has 0 fully saturated rings. The molecule has 3 aromatic rings. The molecule has 168 valence electrons. The summed E-state index contributed by atoms with van der Waals surface area (Å²) in [7, 11) is -2.83. The van der Waals surface area contributed by atoms with Crippen LogP contribution in [0.25, 0.3) is 6.08 Å². The lowest BCUT2D eigenvalue weighted by Crippen LogP contribution is -2.14. The minimum Gasteiger partial charge on any atom is -0.493 e. The maximum atomic E-state index is 12.8. The largest absolute Gasteiger partial charge is 0.493 e. The van der Waals surface area contributed by atoms with Crippen molar-refractivity contribution >= 4 is 27.8 Å². The van der Waals surface area contributed by atoms with E-state index in [-0.39, 0.29) is 27.5 Å². The molecule has 0 atom stereocenters. The smallest absolute Gasteiger partial charge is 0.339 e. The van der Waals surface area contributed by atoms with Crippen molar-refractivity contribution in [3.8, 4) is 17.6 Å². The molecule has 1 N–H and O–H groups in total. The highest BCUT2D eigenvalue weighted by Gasteiger charge is 2.22. The second kappa shape index (κ2) is 10.0. The van der Waals surface area contributed by atoms with Gasteiger partial charge in [0.05, 0.1) is 7.11 Å². The Labute approximate surface area is 193 Å². The summed E-state index contributed by atoms with van der Waals surface area (Å²) in [5, 5.41) is 12.2. The number of para-hydroxylation sites is 1. The zero-order valence-electron chi connectivity index (χ0n) is 18.3. The van der Waals surface area contributed by atoms with E-state index in [0.29, 0.717) is 5.69 Å². The first-order chi connectivity index (χ1) is 15.7. The molecule has 0 bridgehead atoms. The van der Waals surface area contributed by atoms with Gasteiger partial charge in [0, 0.05) is 11.3 Å². The van der Waals surface area contributed by atoms with Gasteiger partial charge in [0.15, 0.2) is 11.5 Å². The van der Waals surface area contributed by atoms with Crippen LogP contribution >= 0.6 is 0 Å². The molecular weight excluding hydrogens is 440 g/mol. The fourth-order valence-electron chi connectivity index (χ4n) is 2.90. The van der Waals surface area contributed by atoms with Gasteiger partial charge in [-0.1, -0.05) is 47.5 Å². The van der Waals surface area contributed by atoms with E-state index in [0.717, 1.165) is 11.1 Å². The average molecular weight is 463 g/mol. The van der Waals surface area contributed by atoms with Crippen molar-refractivity contribution in [2.45, 2.75) is 18.7 Å². The van der Waals surface area contributed by atoms with Crippen LogP contribution < -0.4 is 14.2 Å². The summed E-state index contributed by atoms with van der Waals surface area (Å²) in [5.41, 5.74) is 2.41. The number of carbonyl (C=O) groups is 1. The van der Waals surface area contributed by atoms with Crippen molar-refractivity contribution < 1.29 is 22.1 Å². The first-order valence-corrected chi connectivity index (χ1v) is 11.3. The maximum Gasteiger partial charge on any atom is 0.339 e. The maximum absolute atomic E-state index is 12.8. The number of methoxy groups -OCH3 is 1. The molecule has 7 nitrogen and oxygen atoms in total. The number of anilines is 1. The Morgan fingerprint density at radius 2 is 1.58 bits per heavy atom. The number of aryl methyl sites for hydroxylation is 2. The SMILES string of the molecule is COc1cccc(/C=C(\C#N)C(=O)Nc2ccc(C)cc2)c1OS(=O)(=O)c1ccc(C)cc1. The second-order valence-corrected chi connectivity index (χ2v) is 8.77. The minimum atomic E-state index is -4.19. The number of carbonyl (C=O) groups excluding carboxylic acids is 1. The minimum absolute atomic E-state index is 0.0356. The van der Waals surface area contributed by atoms with Crippen LogP contribution in [0, 0.1) is 25.2 Å². The number of nitrogens with zero attached hydrogens (tertiary/aromatic N) is 1. The van der Waals surface area contributed by atoms with Crippen LogP contribution in [0.15, 0.2) is 77.2 Å². The Balaban J connectivity index is 1.98. The molecule has 0 spiro atoms. The Kier molecular flexibility index (Phi) is 7.16. The predicted octanol–water partition coefficient (Wildman–Crippen LogP) is 4.63. The molecular formula is C25H22N2O5S. The highest BCUT2D eigenvalue weighted by Crippen LogP contribution is 2.35. The summed E-state index contributed by atoms with van der Waals surface area (Å²) in [4.78, 5) is 12.6. The lowest BCUT2D eigenvalue weighted by atomic mass is 10.1. The van der Waals surface area contributed by atoms with E-state index in [4.69, 9.17) is 8.92 Å². The highest BCUT2D eigenvalue weighted by molar-refractivity contribution is 7.87. The molecule has 0 aliphatic rings. The molecule has 0 aromatic heterocycles. The molecule has 33 heavy (non-hydrogen) atoms. The standard InChI is InChI=1S/C25H22N2O5S/c1-17-7-11-21(12-8-17)27-25(28)20(16-26)15-19-5-4-6-23(31-3)24(19)32-33(29,30)22-13-9-18(2)10-14-22/h4-15H,1-3H3,(H,27,28)/b20-15+. The van der Waals surface area contributed by atoms with Crippen LogP contribution in [-0.4, -0.2) is 21.4 Å². The van der Waals surface area contributed by atoms with Crippen LogP contribution in [0.1, 0.15) is 16.7 Å². The van der Waals surface area contributed by atoms with Gasteiger partial charge in [-0.15, -0.1) is 0 Å². The molecule has 8 heteroatoms. The van der Waals surface area contributed by atoms with Gasteiger partial charge < -0.3 is 14.2 Å². The molecule has 3 rings (SSSR count). The van der Waals surface area contributed by atoms with Crippen LogP contribution in [0.3, 0.4) is 0 Å². The molecule has 0 saturated heterocycles. The van der Waals surface area contributed by atoms with Crippen molar-refractivity contribution in [1.29, 1.82) is 5.26 Å². The van der Waals surface area contributed by atoms with Gasteiger partial charge in [-0.2, -0.15) is 13.7 Å². The average Bonchev–Trinajstić information content (AvgIpc) is 2.79. The van der Waals surface area contributed by atoms with Crippen molar-refractivity contribution in [2.24, 2.45) is 0 Å². The van der Waals surface area contributed by atoms with E-state index in [2.05, 4.69) is 5.32 Å². The first kappa shape index (κ1) is 23.6. The normalized spacial score (nSPS) is 11.4. The van der Waals surface area contributed by atoms with Gasteiger partial charge in [-0.25, -0.2) is 0 Å². The van der Waals surface area contributed by atoms with E-state index in [1.54, 1.807) is 30.3 Å². The fraction of sp³-hybridized carbons (Fsp3) is 0.120. The molecule has 0 saturated carbocycles. The number of nitriles is 1. The zero-order valence-corrected chi connectivity index (χ0v) is 19.1. The molecule has 0 radical (unpaired) electrons. The van der Waals surface area contributed by atoms with Gasteiger partial charge >= 0.3 is 10.1 Å². The third-order valence-electron chi connectivity index (χ3n) is 4.71. The van der Waals surface area contributed by atoms with E-state index in [1.807, 2.05) is 32.0 Å². The second-order valence-electron chi connectivity index (χ2n) is 7.22. The summed E-state index contributed by atoms with van der Waals surface area (Å²) in [5.74, 6) is -0.636. The third kappa shape index (κ3) is 5.79. The third-order valence-corrected chi connectivity index (χ3v) is 5.94. The topological polar surface area (TPSA) is 105 Å². The van der Waals surface area contributed by atoms with E-state index >= 15 is 0 Å². The van der Waals surface area contributed by atoms with Crippen molar-refractivity contribution in [3.05, 3.63) is 89.0 Å². The van der Waals surface area contributed by atoms with Crippen LogP contribution in [0.4, 0.5) is 5.69 Å². The molecule has 0 aliphatic carbocycles. The highest BCUT2D eigenvalue weighted by atomic mass is 32.2. The summed E-state index contributed by atoms with van der Waals surface area (Å²) in [6, 6.07) is 19.8. The monoisotopic (exact) mass is 462 g/mol. The predicted molar refractivity (Wildman–Crippen MR) is 125 cm³/mol. The molecule has 1 amide bonds. The molecule has 0 aliphatic heterocycles. The summed E-state index contributed by atoms with van der Waals surface area (Å²) in [6.07, 6.45) is 1.26. The fourth-order valence-corrected chi connectivity index (χ4v) is 3.86. The molecule has 0 unspecified atom stereocenters. The number of benzene rings is 3. The lowest BCUT2D eigenvalue weighted by Gasteiger charge is -2.14. The van der Waals surface area contributed by atoms with Crippen molar-refractivity contribution in [2.75, 3.05) is 12.4 Å². The van der Waals surface area contributed by atoms with Gasteiger partial charge in [-0.3, -0.25) is 4.79 Å². The molecule has 3 aromatic carbocycles.